The Kier molecular flexibility index (Phi) is 1.98. The third-order valence-corrected chi connectivity index (χ3v) is 2.95. The van der Waals surface area contributed by atoms with E-state index in [0.717, 1.165) is 0 Å². The van der Waals surface area contributed by atoms with Crippen LogP contribution in [-0.2, 0) is 5.54 Å². The highest BCUT2D eigenvalue weighted by Gasteiger charge is 2.45. The first-order valence-corrected chi connectivity index (χ1v) is 4.80. The summed E-state index contributed by atoms with van der Waals surface area (Å²) in [6.45, 7) is 1.61. The van der Waals surface area contributed by atoms with Crippen LogP contribution in [0.4, 0.5) is 4.39 Å². The topological polar surface area (TPSA) is 46.2 Å². The lowest BCUT2D eigenvalue weighted by Gasteiger charge is -2.15. The van der Waals surface area contributed by atoms with Crippen LogP contribution in [0.25, 0.3) is 0 Å². The Morgan fingerprint density at radius 1 is 1.57 bits per heavy atom. The number of phenolic OH excluding ortho intramolecular Hbond substituents is 1. The van der Waals surface area contributed by atoms with Crippen molar-refractivity contribution in [3.63, 3.8) is 0 Å². The van der Waals surface area contributed by atoms with Gasteiger partial charge in [0.2, 0.25) is 0 Å². The summed E-state index contributed by atoms with van der Waals surface area (Å²) in [7, 11) is 0. The fraction of sp³-hybridized carbons (Fsp3) is 0.400. The molecule has 0 amide bonds. The van der Waals surface area contributed by atoms with E-state index < -0.39 is 11.4 Å². The Bertz CT molecular complexity index is 375. The van der Waals surface area contributed by atoms with Gasteiger partial charge in [-0.15, -0.1) is 0 Å². The minimum atomic E-state index is -0.705. The summed E-state index contributed by atoms with van der Waals surface area (Å²) < 4.78 is 13.7. The minimum Gasteiger partial charge on any atom is -0.506 e. The molecule has 0 spiro atoms. The van der Waals surface area contributed by atoms with Crippen molar-refractivity contribution < 1.29 is 9.50 Å². The first-order valence-electron chi connectivity index (χ1n) is 4.42. The van der Waals surface area contributed by atoms with Gasteiger partial charge in [-0.3, -0.25) is 0 Å². The summed E-state index contributed by atoms with van der Waals surface area (Å²) in [6.07, 6.45) is 1.38. The van der Waals surface area contributed by atoms with E-state index >= 15 is 0 Å². The highest BCUT2D eigenvalue weighted by molar-refractivity contribution is 6.32. The second kappa shape index (κ2) is 2.84. The lowest BCUT2D eigenvalue weighted by Crippen LogP contribution is -2.21. The van der Waals surface area contributed by atoms with Gasteiger partial charge in [-0.2, -0.15) is 0 Å². The van der Waals surface area contributed by atoms with Crippen LogP contribution in [0.3, 0.4) is 0 Å². The van der Waals surface area contributed by atoms with E-state index in [9.17, 15) is 9.50 Å². The third-order valence-electron chi connectivity index (χ3n) is 2.66. The summed E-state index contributed by atoms with van der Waals surface area (Å²) in [5.74, 6) is -0.651. The molecule has 0 radical (unpaired) electrons. The molecule has 2 rings (SSSR count). The van der Waals surface area contributed by atoms with Crippen LogP contribution in [0.1, 0.15) is 24.0 Å². The summed E-state index contributed by atoms with van der Waals surface area (Å²) in [5, 5.41) is 9.79. The van der Waals surface area contributed by atoms with Gasteiger partial charge in [0.15, 0.2) is 0 Å². The average molecular weight is 216 g/mol. The smallest absolute Gasteiger partial charge is 0.142 e. The first kappa shape index (κ1) is 9.74. The highest BCUT2D eigenvalue weighted by Crippen LogP contribution is 2.49. The van der Waals surface area contributed by atoms with Crippen molar-refractivity contribution in [2.45, 2.75) is 25.3 Å². The van der Waals surface area contributed by atoms with Gasteiger partial charge in [0.25, 0.3) is 0 Å². The van der Waals surface area contributed by atoms with Crippen molar-refractivity contribution in [3.05, 3.63) is 28.0 Å². The SMILES string of the molecule is Cc1cc(Cl)c(O)c(C2(N)CC2)c1F. The molecule has 3 N–H and O–H groups in total. The summed E-state index contributed by atoms with van der Waals surface area (Å²) >= 11 is 5.75. The maximum atomic E-state index is 13.7. The fourth-order valence-electron chi connectivity index (χ4n) is 1.58. The average Bonchev–Trinajstić information content (AvgIpc) is 2.81. The van der Waals surface area contributed by atoms with E-state index in [1.165, 1.54) is 6.07 Å². The number of phenols is 1. The summed E-state index contributed by atoms with van der Waals surface area (Å²) in [6, 6.07) is 1.40. The standard InChI is InChI=1S/C10H11ClFNO/c1-5-4-6(11)9(14)7(8(5)12)10(13)2-3-10/h4,14H,2-3,13H2,1H3. The zero-order valence-corrected chi connectivity index (χ0v) is 8.53. The van der Waals surface area contributed by atoms with Crippen LogP contribution in [0.2, 0.25) is 5.02 Å². The van der Waals surface area contributed by atoms with Crippen molar-refractivity contribution in [1.29, 1.82) is 0 Å². The van der Waals surface area contributed by atoms with Gasteiger partial charge in [0, 0.05) is 5.54 Å². The second-order valence-electron chi connectivity index (χ2n) is 3.87. The Labute approximate surface area is 86.5 Å². The number of hydrogen-bond acceptors (Lipinski definition) is 2. The molecule has 2 nitrogen and oxygen atoms in total. The number of rotatable bonds is 1. The molecule has 14 heavy (non-hydrogen) atoms. The lowest BCUT2D eigenvalue weighted by molar-refractivity contribution is 0.445. The Morgan fingerprint density at radius 2 is 2.14 bits per heavy atom. The normalized spacial score (nSPS) is 18.3. The molecular weight excluding hydrogens is 205 g/mol. The zero-order valence-electron chi connectivity index (χ0n) is 7.77. The Morgan fingerprint density at radius 3 is 2.64 bits per heavy atom. The molecule has 0 aliphatic heterocycles. The molecule has 1 aromatic rings. The van der Waals surface area contributed by atoms with Crippen molar-refractivity contribution in [1.82, 2.24) is 0 Å². The molecule has 0 aromatic heterocycles. The van der Waals surface area contributed by atoms with Crippen LogP contribution >= 0.6 is 11.6 Å². The first-order chi connectivity index (χ1) is 6.46. The minimum absolute atomic E-state index is 0.163. The number of aryl methyl sites for hydroxylation is 1. The Hall–Kier alpha value is -0.800. The van der Waals surface area contributed by atoms with E-state index in [4.69, 9.17) is 17.3 Å². The summed E-state index contributed by atoms with van der Waals surface area (Å²) in [5.41, 5.74) is 5.73. The van der Waals surface area contributed by atoms with Crippen molar-refractivity contribution >= 4 is 11.6 Å². The van der Waals surface area contributed by atoms with E-state index in [1.807, 2.05) is 0 Å². The largest absolute Gasteiger partial charge is 0.506 e. The van der Waals surface area contributed by atoms with Crippen LogP contribution in [0.15, 0.2) is 6.07 Å². The van der Waals surface area contributed by atoms with Gasteiger partial charge in [0.05, 0.1) is 10.6 Å². The lowest BCUT2D eigenvalue weighted by atomic mass is 10.0. The highest BCUT2D eigenvalue weighted by atomic mass is 35.5. The maximum absolute atomic E-state index is 13.7. The van der Waals surface area contributed by atoms with Crippen LogP contribution in [0.5, 0.6) is 5.75 Å². The second-order valence-corrected chi connectivity index (χ2v) is 4.28. The van der Waals surface area contributed by atoms with E-state index in [0.29, 0.717) is 18.4 Å². The molecule has 0 bridgehead atoms. The molecule has 0 unspecified atom stereocenters. The van der Waals surface area contributed by atoms with Crippen LogP contribution in [0, 0.1) is 12.7 Å². The van der Waals surface area contributed by atoms with Gasteiger partial charge in [-0.05, 0) is 31.4 Å². The summed E-state index contributed by atoms with van der Waals surface area (Å²) in [4.78, 5) is 0. The Balaban J connectivity index is 2.68. The van der Waals surface area contributed by atoms with Crippen molar-refractivity contribution in [3.8, 4) is 5.75 Å². The molecule has 0 atom stereocenters. The third kappa shape index (κ3) is 1.28. The quantitative estimate of drug-likeness (QED) is 0.756. The van der Waals surface area contributed by atoms with Gasteiger partial charge in [-0.1, -0.05) is 11.6 Å². The molecule has 1 fully saturated rings. The molecule has 1 aliphatic rings. The zero-order chi connectivity index (χ0) is 10.5. The fourth-order valence-corrected chi connectivity index (χ4v) is 1.84. The predicted molar refractivity (Wildman–Crippen MR) is 52.9 cm³/mol. The predicted octanol–water partition coefficient (Wildman–Crippen LogP) is 2.44. The van der Waals surface area contributed by atoms with Crippen LogP contribution < -0.4 is 5.73 Å². The van der Waals surface area contributed by atoms with Crippen molar-refractivity contribution in [2.75, 3.05) is 0 Å². The monoisotopic (exact) mass is 215 g/mol. The number of benzene rings is 1. The number of aromatic hydroxyl groups is 1. The van der Waals surface area contributed by atoms with Gasteiger partial charge in [0.1, 0.15) is 11.6 Å². The molecule has 1 saturated carbocycles. The van der Waals surface area contributed by atoms with Crippen molar-refractivity contribution in [2.24, 2.45) is 5.73 Å². The number of nitrogens with two attached hydrogens (primary N) is 1. The molecule has 76 valence electrons. The van der Waals surface area contributed by atoms with Gasteiger partial charge in [-0.25, -0.2) is 4.39 Å². The molecule has 1 aromatic carbocycles. The molecule has 0 heterocycles. The number of hydrogen-bond donors (Lipinski definition) is 2. The van der Waals surface area contributed by atoms with Crippen LogP contribution in [-0.4, -0.2) is 5.11 Å². The molecular formula is C10H11ClFNO. The molecule has 0 saturated heterocycles. The van der Waals surface area contributed by atoms with Gasteiger partial charge >= 0.3 is 0 Å². The maximum Gasteiger partial charge on any atom is 0.142 e. The van der Waals surface area contributed by atoms with E-state index in [-0.39, 0.29) is 16.3 Å². The van der Waals surface area contributed by atoms with E-state index in [2.05, 4.69) is 0 Å². The van der Waals surface area contributed by atoms with Gasteiger partial charge < -0.3 is 10.8 Å². The molecule has 4 heteroatoms. The van der Waals surface area contributed by atoms with E-state index in [1.54, 1.807) is 6.92 Å². The number of halogens is 2. The molecule has 1 aliphatic carbocycles.